The number of carbonyl (C=O) groups is 1. The largest absolute Gasteiger partial charge is 0.477 e. The highest BCUT2D eigenvalue weighted by Gasteiger charge is 2.22. The summed E-state index contributed by atoms with van der Waals surface area (Å²) >= 11 is 0. The van der Waals surface area contributed by atoms with Gasteiger partial charge in [-0.05, 0) is 11.6 Å². The number of carboxylic acids is 1. The van der Waals surface area contributed by atoms with Crippen molar-refractivity contribution in [2.75, 3.05) is 0 Å². The van der Waals surface area contributed by atoms with E-state index in [-0.39, 0.29) is 11.1 Å². The van der Waals surface area contributed by atoms with Gasteiger partial charge in [0.1, 0.15) is 5.82 Å². The molecular formula is C16H18N2O2. The molecule has 0 saturated heterocycles. The standard InChI is InChI=1S/C16H18N2O2/c1-16(2,3)15-17-12(13(18-15)14(19)20)10-9-11-7-5-4-6-8-11/h4-10H,1-3H3,(H,17,18)(H,19,20). The van der Waals surface area contributed by atoms with Crippen LogP contribution in [0.25, 0.3) is 12.2 Å². The van der Waals surface area contributed by atoms with Gasteiger partial charge in [-0.1, -0.05) is 57.2 Å². The topological polar surface area (TPSA) is 66.0 Å². The molecule has 4 nitrogen and oxygen atoms in total. The third-order valence-corrected chi connectivity index (χ3v) is 2.89. The third-order valence-electron chi connectivity index (χ3n) is 2.89. The molecule has 2 N–H and O–H groups in total. The minimum Gasteiger partial charge on any atom is -0.477 e. The van der Waals surface area contributed by atoms with Crippen LogP contribution in [0, 0.1) is 0 Å². The molecule has 2 aromatic rings. The molecule has 20 heavy (non-hydrogen) atoms. The molecule has 1 aromatic carbocycles. The average Bonchev–Trinajstić information content (AvgIpc) is 2.82. The second-order valence-electron chi connectivity index (χ2n) is 5.64. The molecule has 0 spiro atoms. The molecule has 104 valence electrons. The van der Waals surface area contributed by atoms with Crippen molar-refractivity contribution in [2.45, 2.75) is 26.2 Å². The Balaban J connectivity index is 2.38. The fourth-order valence-corrected chi connectivity index (χ4v) is 1.76. The van der Waals surface area contributed by atoms with E-state index < -0.39 is 5.97 Å². The zero-order chi connectivity index (χ0) is 14.8. The molecule has 0 unspecified atom stereocenters. The highest BCUT2D eigenvalue weighted by Crippen LogP contribution is 2.22. The molecule has 1 aromatic heterocycles. The summed E-state index contributed by atoms with van der Waals surface area (Å²) in [6.45, 7) is 5.96. The molecule has 4 heteroatoms. The lowest BCUT2D eigenvalue weighted by molar-refractivity contribution is 0.0690. The van der Waals surface area contributed by atoms with Crippen molar-refractivity contribution >= 4 is 18.1 Å². The Labute approximate surface area is 118 Å². The first-order valence-electron chi connectivity index (χ1n) is 6.45. The van der Waals surface area contributed by atoms with E-state index in [1.54, 1.807) is 6.08 Å². The lowest BCUT2D eigenvalue weighted by Gasteiger charge is -2.13. The zero-order valence-corrected chi connectivity index (χ0v) is 11.8. The molecule has 0 aliphatic carbocycles. The van der Waals surface area contributed by atoms with Gasteiger partial charge in [-0.15, -0.1) is 0 Å². The first-order chi connectivity index (χ1) is 9.38. The highest BCUT2D eigenvalue weighted by atomic mass is 16.4. The first-order valence-corrected chi connectivity index (χ1v) is 6.45. The van der Waals surface area contributed by atoms with Gasteiger partial charge in [0.2, 0.25) is 0 Å². The molecule has 2 rings (SSSR count). The van der Waals surface area contributed by atoms with Gasteiger partial charge in [0, 0.05) is 5.41 Å². The van der Waals surface area contributed by atoms with Crippen LogP contribution in [0.1, 0.15) is 48.3 Å². The van der Waals surface area contributed by atoms with Crippen LogP contribution in [-0.4, -0.2) is 21.0 Å². The maximum Gasteiger partial charge on any atom is 0.354 e. The van der Waals surface area contributed by atoms with E-state index in [4.69, 9.17) is 0 Å². The lowest BCUT2D eigenvalue weighted by atomic mass is 9.96. The number of hydrogen-bond acceptors (Lipinski definition) is 2. The van der Waals surface area contributed by atoms with Gasteiger partial charge in [-0.25, -0.2) is 9.78 Å². The summed E-state index contributed by atoms with van der Waals surface area (Å²) < 4.78 is 0. The van der Waals surface area contributed by atoms with Crippen molar-refractivity contribution in [3.63, 3.8) is 0 Å². The Morgan fingerprint density at radius 2 is 1.85 bits per heavy atom. The van der Waals surface area contributed by atoms with Crippen LogP contribution in [0.5, 0.6) is 0 Å². The summed E-state index contributed by atoms with van der Waals surface area (Å²) in [7, 11) is 0. The summed E-state index contributed by atoms with van der Waals surface area (Å²) in [5.74, 6) is -0.330. The number of aromatic nitrogens is 2. The normalized spacial score (nSPS) is 11.9. The lowest BCUT2D eigenvalue weighted by Crippen LogP contribution is -2.13. The predicted octanol–water partition coefficient (Wildman–Crippen LogP) is 3.58. The van der Waals surface area contributed by atoms with Crippen molar-refractivity contribution in [3.05, 3.63) is 53.1 Å². The van der Waals surface area contributed by atoms with Gasteiger partial charge in [-0.2, -0.15) is 0 Å². The number of benzene rings is 1. The Kier molecular flexibility index (Phi) is 3.74. The Morgan fingerprint density at radius 3 is 2.40 bits per heavy atom. The van der Waals surface area contributed by atoms with E-state index in [0.29, 0.717) is 11.5 Å². The number of imidazole rings is 1. The summed E-state index contributed by atoms with van der Waals surface area (Å²) in [5, 5.41) is 9.24. The molecule has 0 aliphatic heterocycles. The maximum absolute atomic E-state index is 11.3. The van der Waals surface area contributed by atoms with Crippen LogP contribution < -0.4 is 0 Å². The number of rotatable bonds is 3. The van der Waals surface area contributed by atoms with Crippen LogP contribution in [0.3, 0.4) is 0 Å². The molecule has 0 fully saturated rings. The molecule has 0 radical (unpaired) electrons. The molecule has 0 aliphatic rings. The Bertz CT molecular complexity index is 634. The number of carboxylic acid groups (broad SMARTS) is 1. The maximum atomic E-state index is 11.3. The number of H-pyrrole nitrogens is 1. The predicted molar refractivity (Wildman–Crippen MR) is 79.6 cm³/mol. The van der Waals surface area contributed by atoms with Crippen molar-refractivity contribution in [1.29, 1.82) is 0 Å². The molecular weight excluding hydrogens is 252 g/mol. The Hall–Kier alpha value is -2.36. The van der Waals surface area contributed by atoms with Gasteiger partial charge in [0.05, 0.1) is 5.69 Å². The van der Waals surface area contributed by atoms with Crippen molar-refractivity contribution in [2.24, 2.45) is 0 Å². The van der Waals surface area contributed by atoms with E-state index in [9.17, 15) is 9.90 Å². The zero-order valence-electron chi connectivity index (χ0n) is 11.8. The smallest absolute Gasteiger partial charge is 0.354 e. The minimum atomic E-state index is -0.999. The van der Waals surface area contributed by atoms with Gasteiger partial charge in [0.15, 0.2) is 5.69 Å². The molecule has 0 bridgehead atoms. The summed E-state index contributed by atoms with van der Waals surface area (Å²) in [6, 6.07) is 9.71. The summed E-state index contributed by atoms with van der Waals surface area (Å²) in [4.78, 5) is 18.6. The van der Waals surface area contributed by atoms with Crippen LogP contribution in [0.2, 0.25) is 0 Å². The van der Waals surface area contributed by atoms with Gasteiger partial charge in [-0.3, -0.25) is 0 Å². The summed E-state index contributed by atoms with van der Waals surface area (Å²) in [6.07, 6.45) is 3.58. The van der Waals surface area contributed by atoms with E-state index in [2.05, 4.69) is 9.97 Å². The molecule has 0 saturated carbocycles. The SMILES string of the molecule is CC(C)(C)c1nc(C=Cc2ccccc2)c(C(=O)O)[nH]1. The number of aromatic carboxylic acids is 1. The monoisotopic (exact) mass is 270 g/mol. The van der Waals surface area contributed by atoms with E-state index >= 15 is 0 Å². The van der Waals surface area contributed by atoms with Crippen LogP contribution in [0.15, 0.2) is 30.3 Å². The fourth-order valence-electron chi connectivity index (χ4n) is 1.76. The van der Waals surface area contributed by atoms with Crippen LogP contribution in [0.4, 0.5) is 0 Å². The number of aromatic amines is 1. The average molecular weight is 270 g/mol. The number of hydrogen-bond donors (Lipinski definition) is 2. The fraction of sp³-hybridized carbons (Fsp3) is 0.250. The van der Waals surface area contributed by atoms with Gasteiger partial charge in [0.25, 0.3) is 0 Å². The van der Waals surface area contributed by atoms with Crippen molar-refractivity contribution in [1.82, 2.24) is 9.97 Å². The molecule has 1 heterocycles. The minimum absolute atomic E-state index is 0.127. The number of nitrogens with one attached hydrogen (secondary N) is 1. The van der Waals surface area contributed by atoms with E-state index in [1.165, 1.54) is 0 Å². The van der Waals surface area contributed by atoms with Gasteiger partial charge >= 0.3 is 5.97 Å². The second kappa shape index (κ2) is 5.33. The van der Waals surface area contributed by atoms with Crippen molar-refractivity contribution < 1.29 is 9.90 Å². The third kappa shape index (κ3) is 3.15. The van der Waals surface area contributed by atoms with Crippen LogP contribution >= 0.6 is 0 Å². The number of nitrogens with zero attached hydrogens (tertiary/aromatic N) is 1. The molecule has 0 amide bonds. The Morgan fingerprint density at radius 1 is 1.20 bits per heavy atom. The van der Waals surface area contributed by atoms with E-state index in [0.717, 1.165) is 5.56 Å². The molecule has 0 atom stereocenters. The van der Waals surface area contributed by atoms with Crippen molar-refractivity contribution in [3.8, 4) is 0 Å². The summed E-state index contributed by atoms with van der Waals surface area (Å²) in [5.41, 5.74) is 1.36. The van der Waals surface area contributed by atoms with E-state index in [1.807, 2.05) is 57.2 Å². The van der Waals surface area contributed by atoms with Gasteiger partial charge < -0.3 is 10.1 Å². The highest BCUT2D eigenvalue weighted by molar-refractivity contribution is 5.90. The first kappa shape index (κ1) is 14.1. The quantitative estimate of drug-likeness (QED) is 0.896. The van der Waals surface area contributed by atoms with Crippen LogP contribution in [-0.2, 0) is 5.41 Å². The second-order valence-corrected chi connectivity index (χ2v) is 5.64.